The highest BCUT2D eigenvalue weighted by molar-refractivity contribution is 7.86. The Morgan fingerprint density at radius 3 is 2.48 bits per heavy atom. The second-order valence-corrected chi connectivity index (χ2v) is 8.90. The van der Waals surface area contributed by atoms with Gasteiger partial charge in [-0.25, -0.2) is 4.79 Å². The second-order valence-electron chi connectivity index (χ2n) is 6.88. The van der Waals surface area contributed by atoms with E-state index in [2.05, 4.69) is 5.32 Å². The van der Waals surface area contributed by atoms with Crippen LogP contribution in [0.3, 0.4) is 0 Å². The predicted molar refractivity (Wildman–Crippen MR) is 112 cm³/mol. The SMILES string of the molecule is CS(=O)(=O)Oc1ccc(CN(CC2CCCO2)C(=O)Nc2ccc(Cl)cc2)cc1. The van der Waals surface area contributed by atoms with Crippen LogP contribution >= 0.6 is 11.6 Å². The molecule has 29 heavy (non-hydrogen) atoms. The third-order valence-electron chi connectivity index (χ3n) is 4.38. The van der Waals surface area contributed by atoms with E-state index in [1.165, 1.54) is 0 Å². The molecule has 1 fully saturated rings. The molecule has 1 aliphatic rings. The average molecular weight is 439 g/mol. The van der Waals surface area contributed by atoms with E-state index >= 15 is 0 Å². The van der Waals surface area contributed by atoms with Crippen LogP contribution in [0.25, 0.3) is 0 Å². The molecule has 1 unspecified atom stereocenters. The third kappa shape index (κ3) is 6.92. The van der Waals surface area contributed by atoms with E-state index in [9.17, 15) is 13.2 Å². The molecule has 1 saturated heterocycles. The first kappa shape index (κ1) is 21.4. The van der Waals surface area contributed by atoms with Crippen molar-refractivity contribution in [3.8, 4) is 5.75 Å². The number of hydrogen-bond acceptors (Lipinski definition) is 5. The minimum atomic E-state index is -3.58. The summed E-state index contributed by atoms with van der Waals surface area (Å²) in [6.07, 6.45) is 2.88. The largest absolute Gasteiger partial charge is 0.383 e. The van der Waals surface area contributed by atoms with E-state index in [-0.39, 0.29) is 17.9 Å². The summed E-state index contributed by atoms with van der Waals surface area (Å²) < 4.78 is 33.0. The number of urea groups is 1. The molecule has 2 amide bonds. The quantitative estimate of drug-likeness (QED) is 0.663. The zero-order chi connectivity index (χ0) is 20.9. The van der Waals surface area contributed by atoms with Crippen LogP contribution in [0.15, 0.2) is 48.5 Å². The standard InChI is InChI=1S/C20H23ClN2O5S/c1-29(25,26)28-18-10-4-15(5-11-18)13-23(14-19-3-2-12-27-19)20(24)22-17-8-6-16(21)7-9-17/h4-11,19H,2-3,12-14H2,1H3,(H,22,24). The fourth-order valence-electron chi connectivity index (χ4n) is 3.03. The van der Waals surface area contributed by atoms with Crippen molar-refractivity contribution in [1.29, 1.82) is 0 Å². The van der Waals surface area contributed by atoms with Gasteiger partial charge in [0.1, 0.15) is 5.75 Å². The van der Waals surface area contributed by atoms with E-state index in [1.54, 1.807) is 53.4 Å². The first-order chi connectivity index (χ1) is 13.8. The minimum absolute atomic E-state index is 0.00110. The molecule has 0 bridgehead atoms. The smallest absolute Gasteiger partial charge is 0.322 e. The van der Waals surface area contributed by atoms with Gasteiger partial charge >= 0.3 is 16.1 Å². The Hall–Kier alpha value is -2.29. The molecule has 1 atom stereocenters. The number of rotatable bonds is 7. The molecule has 2 aromatic rings. The molecular formula is C20H23ClN2O5S. The maximum Gasteiger partial charge on any atom is 0.322 e. The third-order valence-corrected chi connectivity index (χ3v) is 5.12. The fourth-order valence-corrected chi connectivity index (χ4v) is 3.62. The summed E-state index contributed by atoms with van der Waals surface area (Å²) in [6, 6.07) is 13.2. The first-order valence-electron chi connectivity index (χ1n) is 9.20. The van der Waals surface area contributed by atoms with E-state index in [4.69, 9.17) is 20.5 Å². The van der Waals surface area contributed by atoms with Crippen molar-refractivity contribution in [3.05, 3.63) is 59.1 Å². The van der Waals surface area contributed by atoms with Gasteiger partial charge in [-0.3, -0.25) is 0 Å². The molecule has 1 aliphatic heterocycles. The lowest BCUT2D eigenvalue weighted by molar-refractivity contribution is 0.0819. The zero-order valence-corrected chi connectivity index (χ0v) is 17.6. The molecule has 3 rings (SSSR count). The van der Waals surface area contributed by atoms with Gasteiger partial charge in [-0.1, -0.05) is 23.7 Å². The summed E-state index contributed by atoms with van der Waals surface area (Å²) in [5.74, 6) is 0.229. The van der Waals surface area contributed by atoms with Crippen molar-refractivity contribution in [3.63, 3.8) is 0 Å². The zero-order valence-electron chi connectivity index (χ0n) is 16.0. The van der Waals surface area contributed by atoms with Crippen molar-refractivity contribution < 1.29 is 22.1 Å². The van der Waals surface area contributed by atoms with E-state index < -0.39 is 10.1 Å². The Balaban J connectivity index is 1.70. The number of nitrogens with zero attached hydrogens (tertiary/aromatic N) is 1. The molecule has 0 spiro atoms. The molecule has 9 heteroatoms. The molecule has 156 valence electrons. The summed E-state index contributed by atoms with van der Waals surface area (Å²) in [4.78, 5) is 14.5. The minimum Gasteiger partial charge on any atom is -0.383 e. The summed E-state index contributed by atoms with van der Waals surface area (Å²) in [5.41, 5.74) is 1.49. The van der Waals surface area contributed by atoms with Crippen LogP contribution < -0.4 is 9.50 Å². The Kier molecular flexibility index (Phi) is 7.00. The summed E-state index contributed by atoms with van der Waals surface area (Å²) >= 11 is 5.90. The van der Waals surface area contributed by atoms with Gasteiger partial charge in [0.25, 0.3) is 0 Å². The highest BCUT2D eigenvalue weighted by Crippen LogP contribution is 2.20. The second kappa shape index (κ2) is 9.47. The van der Waals surface area contributed by atoms with Crippen LogP contribution in [-0.4, -0.2) is 44.9 Å². The normalized spacial score (nSPS) is 16.4. The van der Waals surface area contributed by atoms with Crippen LogP contribution in [0.2, 0.25) is 5.02 Å². The number of halogens is 1. The number of amides is 2. The maximum absolute atomic E-state index is 12.9. The lowest BCUT2D eigenvalue weighted by atomic mass is 10.2. The molecule has 0 radical (unpaired) electrons. The summed E-state index contributed by atoms with van der Waals surface area (Å²) in [5, 5.41) is 3.47. The predicted octanol–water partition coefficient (Wildman–Crippen LogP) is 3.89. The number of ether oxygens (including phenoxy) is 1. The van der Waals surface area contributed by atoms with E-state index in [0.717, 1.165) is 24.7 Å². The topological polar surface area (TPSA) is 84.9 Å². The molecular weight excluding hydrogens is 416 g/mol. The lowest BCUT2D eigenvalue weighted by Gasteiger charge is -2.26. The van der Waals surface area contributed by atoms with Gasteiger partial charge in [-0.2, -0.15) is 8.42 Å². The highest BCUT2D eigenvalue weighted by Gasteiger charge is 2.23. The van der Waals surface area contributed by atoms with Gasteiger partial charge in [-0.05, 0) is 54.8 Å². The van der Waals surface area contributed by atoms with Crippen LogP contribution in [0.1, 0.15) is 18.4 Å². The van der Waals surface area contributed by atoms with Crippen molar-refractivity contribution in [2.45, 2.75) is 25.5 Å². The van der Waals surface area contributed by atoms with Gasteiger partial charge in [0.15, 0.2) is 0 Å². The Morgan fingerprint density at radius 2 is 1.90 bits per heavy atom. The van der Waals surface area contributed by atoms with E-state index in [1.807, 2.05) is 0 Å². The van der Waals surface area contributed by atoms with Gasteiger partial charge in [0.2, 0.25) is 0 Å². The first-order valence-corrected chi connectivity index (χ1v) is 11.4. The van der Waals surface area contributed by atoms with Gasteiger partial charge in [-0.15, -0.1) is 0 Å². The Morgan fingerprint density at radius 1 is 1.21 bits per heavy atom. The van der Waals surface area contributed by atoms with Crippen molar-refractivity contribution in [2.75, 3.05) is 24.7 Å². The highest BCUT2D eigenvalue weighted by atomic mass is 35.5. The van der Waals surface area contributed by atoms with E-state index in [0.29, 0.717) is 30.4 Å². The Labute approximate surface area is 175 Å². The fraction of sp³-hybridized carbons (Fsp3) is 0.350. The van der Waals surface area contributed by atoms with Crippen LogP contribution in [0.4, 0.5) is 10.5 Å². The number of nitrogens with one attached hydrogen (secondary N) is 1. The molecule has 7 nitrogen and oxygen atoms in total. The molecule has 1 N–H and O–H groups in total. The number of benzene rings is 2. The van der Waals surface area contributed by atoms with Crippen molar-refractivity contribution >= 4 is 33.4 Å². The van der Waals surface area contributed by atoms with Crippen molar-refractivity contribution in [2.24, 2.45) is 0 Å². The van der Waals surface area contributed by atoms with Gasteiger partial charge in [0.05, 0.1) is 12.4 Å². The van der Waals surface area contributed by atoms with Crippen LogP contribution in [0.5, 0.6) is 5.75 Å². The molecule has 0 aliphatic carbocycles. The van der Waals surface area contributed by atoms with Crippen LogP contribution in [0, 0.1) is 0 Å². The average Bonchev–Trinajstić information content (AvgIpc) is 3.16. The summed E-state index contributed by atoms with van der Waals surface area (Å²) in [6.45, 7) is 1.51. The number of carbonyl (C=O) groups excluding carboxylic acids is 1. The summed E-state index contributed by atoms with van der Waals surface area (Å²) in [7, 11) is -3.58. The van der Waals surface area contributed by atoms with Gasteiger partial charge < -0.3 is 19.1 Å². The van der Waals surface area contributed by atoms with Gasteiger partial charge in [0, 0.05) is 30.4 Å². The molecule has 0 aromatic heterocycles. The monoisotopic (exact) mass is 438 g/mol. The lowest BCUT2D eigenvalue weighted by Crippen LogP contribution is -2.39. The molecule has 2 aromatic carbocycles. The number of hydrogen-bond donors (Lipinski definition) is 1. The maximum atomic E-state index is 12.9. The molecule has 1 heterocycles. The van der Waals surface area contributed by atoms with Crippen molar-refractivity contribution in [1.82, 2.24) is 4.90 Å². The van der Waals surface area contributed by atoms with Crippen LogP contribution in [-0.2, 0) is 21.4 Å². The number of anilines is 1. The number of carbonyl (C=O) groups is 1. The Bertz CT molecular complexity index is 926. The molecule has 0 saturated carbocycles.